The Bertz CT molecular complexity index is 391. The normalized spacial score (nSPS) is 27.8. The fourth-order valence-corrected chi connectivity index (χ4v) is 2.62. The van der Waals surface area contributed by atoms with Gasteiger partial charge in [0.05, 0.1) is 6.61 Å². The summed E-state index contributed by atoms with van der Waals surface area (Å²) in [6, 6.07) is 10.3. The maximum absolute atomic E-state index is 11.7. The Morgan fingerprint density at radius 2 is 1.94 bits per heavy atom. The second-order valence-electron chi connectivity index (χ2n) is 4.94. The molecule has 0 aromatic heterocycles. The van der Waals surface area contributed by atoms with Crippen LogP contribution < -0.4 is 0 Å². The zero-order valence-corrected chi connectivity index (χ0v) is 10.8. The molecule has 1 aliphatic carbocycles. The molecule has 1 aromatic carbocycles. The molecule has 0 bridgehead atoms. The lowest BCUT2D eigenvalue weighted by molar-refractivity contribution is -0.168. The predicted molar refractivity (Wildman–Crippen MR) is 69.2 cm³/mol. The Hall–Kier alpha value is -1.35. The van der Waals surface area contributed by atoms with E-state index in [1.165, 1.54) is 5.56 Å². The second-order valence-corrected chi connectivity index (χ2v) is 4.94. The van der Waals surface area contributed by atoms with Gasteiger partial charge in [-0.05, 0) is 44.1 Å². The molecule has 0 radical (unpaired) electrons. The number of hydrogen-bond acceptors (Lipinski definition) is 3. The number of carbonyl (C=O) groups is 1. The molecule has 18 heavy (non-hydrogen) atoms. The predicted octanol–water partition coefficient (Wildman–Crippen LogP) is 2.64. The largest absolute Gasteiger partial charge is 0.464 e. The maximum atomic E-state index is 11.7. The molecular weight excluding hydrogens is 228 g/mol. The minimum absolute atomic E-state index is 0.323. The van der Waals surface area contributed by atoms with E-state index in [9.17, 15) is 9.90 Å². The number of ether oxygens (including phenoxy) is 1. The first-order valence-corrected chi connectivity index (χ1v) is 6.60. The molecule has 0 unspecified atom stereocenters. The average molecular weight is 248 g/mol. The molecule has 0 spiro atoms. The summed E-state index contributed by atoms with van der Waals surface area (Å²) in [5.41, 5.74) is 0.0322. The molecule has 0 saturated heterocycles. The first-order valence-electron chi connectivity index (χ1n) is 6.60. The van der Waals surface area contributed by atoms with Gasteiger partial charge in [0.2, 0.25) is 0 Å². The third-order valence-electron chi connectivity index (χ3n) is 3.74. The number of benzene rings is 1. The molecule has 0 amide bonds. The van der Waals surface area contributed by atoms with E-state index in [2.05, 4.69) is 12.1 Å². The summed E-state index contributed by atoms with van der Waals surface area (Å²) in [6.45, 7) is 2.08. The zero-order valence-electron chi connectivity index (χ0n) is 10.8. The first kappa shape index (κ1) is 13.1. The first-order chi connectivity index (χ1) is 8.65. The number of hydrogen-bond donors (Lipinski definition) is 1. The minimum Gasteiger partial charge on any atom is -0.464 e. The highest BCUT2D eigenvalue weighted by Gasteiger charge is 2.41. The van der Waals surface area contributed by atoms with Crippen molar-refractivity contribution in [3.63, 3.8) is 0 Å². The van der Waals surface area contributed by atoms with Crippen LogP contribution in [-0.2, 0) is 9.53 Å². The van der Waals surface area contributed by atoms with Crippen LogP contribution in [0.25, 0.3) is 0 Å². The lowest BCUT2D eigenvalue weighted by atomic mass is 9.76. The third kappa shape index (κ3) is 2.72. The summed E-state index contributed by atoms with van der Waals surface area (Å²) < 4.78 is 4.94. The Balaban J connectivity index is 1.97. The lowest BCUT2D eigenvalue weighted by Gasteiger charge is -2.34. The molecule has 1 fully saturated rings. The fourth-order valence-electron chi connectivity index (χ4n) is 2.62. The van der Waals surface area contributed by atoms with E-state index in [-0.39, 0.29) is 0 Å². The van der Waals surface area contributed by atoms with Gasteiger partial charge in [-0.25, -0.2) is 4.79 Å². The molecule has 0 atom stereocenters. The zero-order chi connectivity index (χ0) is 13.0. The summed E-state index contributed by atoms with van der Waals surface area (Å²) in [7, 11) is 0. The van der Waals surface area contributed by atoms with E-state index in [4.69, 9.17) is 4.74 Å². The van der Waals surface area contributed by atoms with Gasteiger partial charge in [-0.3, -0.25) is 0 Å². The van der Waals surface area contributed by atoms with Crippen molar-refractivity contribution in [2.24, 2.45) is 0 Å². The number of esters is 1. The van der Waals surface area contributed by atoms with Crippen molar-refractivity contribution in [2.75, 3.05) is 6.61 Å². The molecule has 3 heteroatoms. The topological polar surface area (TPSA) is 46.5 Å². The number of aliphatic hydroxyl groups is 1. The lowest BCUT2D eigenvalue weighted by Crippen LogP contribution is -2.43. The Morgan fingerprint density at radius 1 is 1.33 bits per heavy atom. The van der Waals surface area contributed by atoms with Crippen molar-refractivity contribution in [2.45, 2.75) is 44.1 Å². The molecule has 1 N–H and O–H groups in total. The van der Waals surface area contributed by atoms with E-state index in [1.807, 2.05) is 18.2 Å². The van der Waals surface area contributed by atoms with Crippen LogP contribution in [0, 0.1) is 0 Å². The van der Waals surface area contributed by atoms with Crippen molar-refractivity contribution in [3.8, 4) is 0 Å². The second kappa shape index (κ2) is 5.53. The average Bonchev–Trinajstić information content (AvgIpc) is 2.41. The van der Waals surface area contributed by atoms with Crippen molar-refractivity contribution in [1.29, 1.82) is 0 Å². The summed E-state index contributed by atoms with van der Waals surface area (Å²) in [5, 5.41) is 10.3. The number of rotatable bonds is 3. The van der Waals surface area contributed by atoms with Gasteiger partial charge >= 0.3 is 5.97 Å². The van der Waals surface area contributed by atoms with Gasteiger partial charge in [0, 0.05) is 0 Å². The molecule has 98 valence electrons. The van der Waals surface area contributed by atoms with Crippen LogP contribution >= 0.6 is 0 Å². The molecule has 3 nitrogen and oxygen atoms in total. The highest BCUT2D eigenvalue weighted by molar-refractivity contribution is 5.79. The molecule has 0 aliphatic heterocycles. The van der Waals surface area contributed by atoms with Gasteiger partial charge in [0.1, 0.15) is 0 Å². The number of carbonyl (C=O) groups excluding carboxylic acids is 1. The molecule has 1 saturated carbocycles. The Labute approximate surface area is 108 Å². The summed E-state index contributed by atoms with van der Waals surface area (Å²) in [5.74, 6) is -0.0163. The van der Waals surface area contributed by atoms with Gasteiger partial charge in [-0.1, -0.05) is 30.3 Å². The summed E-state index contributed by atoms with van der Waals surface area (Å²) >= 11 is 0. The van der Waals surface area contributed by atoms with E-state index >= 15 is 0 Å². The summed E-state index contributed by atoms with van der Waals surface area (Å²) in [6.07, 6.45) is 2.65. The van der Waals surface area contributed by atoms with Gasteiger partial charge in [-0.15, -0.1) is 0 Å². The van der Waals surface area contributed by atoms with Crippen LogP contribution in [0.2, 0.25) is 0 Å². The monoisotopic (exact) mass is 248 g/mol. The van der Waals surface area contributed by atoms with E-state index in [0.717, 1.165) is 12.8 Å². The smallest absolute Gasteiger partial charge is 0.338 e. The van der Waals surface area contributed by atoms with Crippen molar-refractivity contribution < 1.29 is 14.6 Å². The van der Waals surface area contributed by atoms with E-state index in [0.29, 0.717) is 25.4 Å². The van der Waals surface area contributed by atoms with Crippen molar-refractivity contribution in [3.05, 3.63) is 35.9 Å². The SMILES string of the molecule is CCOC(=O)C1(O)CCC(c2ccccc2)CC1. The van der Waals surface area contributed by atoms with Crippen molar-refractivity contribution in [1.82, 2.24) is 0 Å². The maximum Gasteiger partial charge on any atom is 0.338 e. The van der Waals surface area contributed by atoms with Crippen LogP contribution in [0.15, 0.2) is 30.3 Å². The van der Waals surface area contributed by atoms with Crippen LogP contribution in [0.5, 0.6) is 0 Å². The highest BCUT2D eigenvalue weighted by Crippen LogP contribution is 2.38. The van der Waals surface area contributed by atoms with Crippen LogP contribution in [-0.4, -0.2) is 23.3 Å². The van der Waals surface area contributed by atoms with Gasteiger partial charge < -0.3 is 9.84 Å². The Morgan fingerprint density at radius 3 is 2.50 bits per heavy atom. The summed E-state index contributed by atoms with van der Waals surface area (Å²) in [4.78, 5) is 11.7. The van der Waals surface area contributed by atoms with Crippen LogP contribution in [0.1, 0.15) is 44.1 Å². The fraction of sp³-hybridized carbons (Fsp3) is 0.533. The van der Waals surface area contributed by atoms with Crippen LogP contribution in [0.4, 0.5) is 0 Å². The highest BCUT2D eigenvalue weighted by atomic mass is 16.5. The molecule has 1 aliphatic rings. The van der Waals surface area contributed by atoms with Crippen molar-refractivity contribution >= 4 is 5.97 Å². The van der Waals surface area contributed by atoms with Gasteiger partial charge in [0.15, 0.2) is 5.60 Å². The van der Waals surface area contributed by atoms with E-state index in [1.54, 1.807) is 6.92 Å². The van der Waals surface area contributed by atoms with E-state index < -0.39 is 11.6 Å². The molecule has 1 aromatic rings. The van der Waals surface area contributed by atoms with Gasteiger partial charge in [0.25, 0.3) is 0 Å². The minimum atomic E-state index is -1.26. The Kier molecular flexibility index (Phi) is 4.02. The third-order valence-corrected chi connectivity index (χ3v) is 3.74. The standard InChI is InChI=1S/C15H20O3/c1-2-18-14(16)15(17)10-8-13(9-11-15)12-6-4-3-5-7-12/h3-7,13,17H,2,8-11H2,1H3. The molecule has 2 rings (SSSR count). The molecule has 0 heterocycles. The van der Waals surface area contributed by atoms with Gasteiger partial charge in [-0.2, -0.15) is 0 Å². The quantitative estimate of drug-likeness (QED) is 0.836. The molecular formula is C15H20O3. The van der Waals surface area contributed by atoms with Crippen LogP contribution in [0.3, 0.4) is 0 Å².